The number of hydrogen-bond acceptors (Lipinski definition) is 3. The van der Waals surface area contributed by atoms with Crippen LogP contribution in [0, 0.1) is 0 Å². The lowest BCUT2D eigenvalue weighted by Gasteiger charge is -2.05. The van der Waals surface area contributed by atoms with Crippen LogP contribution in [0.15, 0.2) is 10.5 Å². The second-order valence-corrected chi connectivity index (χ2v) is 4.80. The summed E-state index contributed by atoms with van der Waals surface area (Å²) in [6.07, 6.45) is 0.883. The van der Waals surface area contributed by atoms with Crippen molar-refractivity contribution in [3.05, 3.63) is 20.3 Å². The fourth-order valence-corrected chi connectivity index (χ4v) is 2.65. The van der Waals surface area contributed by atoms with Gasteiger partial charge in [-0.25, -0.2) is 0 Å². The Bertz CT molecular complexity index is 283. The van der Waals surface area contributed by atoms with Crippen LogP contribution in [0.3, 0.4) is 0 Å². The summed E-state index contributed by atoms with van der Waals surface area (Å²) in [6.45, 7) is 0.886. The van der Waals surface area contributed by atoms with Crippen molar-refractivity contribution in [3.63, 3.8) is 0 Å². The molecule has 4 heteroatoms. The van der Waals surface area contributed by atoms with E-state index in [1.54, 1.807) is 0 Å². The first-order valence-corrected chi connectivity index (χ1v) is 5.12. The lowest BCUT2D eigenvalue weighted by molar-refractivity contribution is 0.112. The third-order valence-corrected chi connectivity index (χ3v) is 3.31. The first-order chi connectivity index (χ1) is 5.63. The number of nitrogens with zero attached hydrogens (tertiary/aromatic N) is 1. The van der Waals surface area contributed by atoms with E-state index in [1.807, 2.05) is 20.2 Å². The summed E-state index contributed by atoms with van der Waals surface area (Å²) < 4.78 is 0.902. The average Bonchev–Trinajstić information content (AvgIpc) is 2.29. The molecule has 0 aliphatic rings. The predicted molar refractivity (Wildman–Crippen MR) is 54.8 cm³/mol. The molecule has 1 heterocycles. The molecule has 0 aliphatic carbocycles. The summed E-state index contributed by atoms with van der Waals surface area (Å²) in [5.41, 5.74) is 0. The minimum absolute atomic E-state index is 0.770. The number of carbonyl (C=O) groups excluding carboxylic acids is 1. The second-order valence-electron chi connectivity index (χ2n) is 2.78. The molecule has 0 saturated heterocycles. The van der Waals surface area contributed by atoms with Crippen LogP contribution in [0.25, 0.3) is 0 Å². The summed E-state index contributed by atoms with van der Waals surface area (Å²) in [4.78, 5) is 14.5. The van der Waals surface area contributed by atoms with Gasteiger partial charge in [0, 0.05) is 15.9 Å². The molecule has 0 bridgehead atoms. The molecule has 1 rings (SSSR count). The van der Waals surface area contributed by atoms with Crippen LogP contribution < -0.4 is 0 Å². The van der Waals surface area contributed by atoms with Crippen LogP contribution in [-0.4, -0.2) is 25.3 Å². The van der Waals surface area contributed by atoms with E-state index < -0.39 is 0 Å². The Morgan fingerprint density at radius 3 is 2.75 bits per heavy atom. The van der Waals surface area contributed by atoms with Gasteiger partial charge in [0.25, 0.3) is 0 Å². The van der Waals surface area contributed by atoms with Gasteiger partial charge in [-0.2, -0.15) is 0 Å². The molecule has 1 aromatic heterocycles. The van der Waals surface area contributed by atoms with Crippen molar-refractivity contribution < 1.29 is 4.79 Å². The van der Waals surface area contributed by atoms with E-state index in [9.17, 15) is 4.79 Å². The fourth-order valence-electron chi connectivity index (χ4n) is 0.902. The molecule has 0 spiro atoms. The van der Waals surface area contributed by atoms with Crippen molar-refractivity contribution >= 4 is 33.6 Å². The fraction of sp³-hybridized carbons (Fsp3) is 0.375. The van der Waals surface area contributed by atoms with E-state index in [-0.39, 0.29) is 0 Å². The molecule has 0 fully saturated rings. The zero-order valence-electron chi connectivity index (χ0n) is 7.00. The minimum atomic E-state index is 0.770. The van der Waals surface area contributed by atoms with Gasteiger partial charge < -0.3 is 4.90 Å². The van der Waals surface area contributed by atoms with Gasteiger partial charge in [-0.3, -0.25) is 4.79 Å². The van der Waals surface area contributed by atoms with E-state index in [1.165, 1.54) is 16.2 Å². The van der Waals surface area contributed by atoms with Crippen molar-refractivity contribution in [2.24, 2.45) is 0 Å². The number of hydrogen-bond donors (Lipinski definition) is 0. The van der Waals surface area contributed by atoms with Crippen molar-refractivity contribution in [2.45, 2.75) is 6.54 Å². The molecular formula is C8H10BrNOS. The maximum absolute atomic E-state index is 10.5. The molecule has 0 N–H and O–H groups in total. The molecule has 12 heavy (non-hydrogen) atoms. The number of thiophene rings is 1. The van der Waals surface area contributed by atoms with E-state index >= 15 is 0 Å². The quantitative estimate of drug-likeness (QED) is 0.765. The van der Waals surface area contributed by atoms with Gasteiger partial charge in [0.15, 0.2) is 6.29 Å². The number of halogens is 1. The van der Waals surface area contributed by atoms with Gasteiger partial charge in [0.05, 0.1) is 4.88 Å². The molecule has 2 nitrogen and oxygen atoms in total. The maximum Gasteiger partial charge on any atom is 0.161 e. The van der Waals surface area contributed by atoms with Gasteiger partial charge in [-0.1, -0.05) is 0 Å². The Hall–Kier alpha value is -0.190. The Kier molecular flexibility index (Phi) is 3.43. The van der Waals surface area contributed by atoms with Gasteiger partial charge >= 0.3 is 0 Å². The normalized spacial score (nSPS) is 10.7. The summed E-state index contributed by atoms with van der Waals surface area (Å²) >= 11 is 4.86. The summed E-state index contributed by atoms with van der Waals surface area (Å²) in [6, 6.07) is 1.99. The van der Waals surface area contributed by atoms with Crippen molar-refractivity contribution in [3.8, 4) is 0 Å². The van der Waals surface area contributed by atoms with Crippen LogP contribution >= 0.6 is 27.3 Å². The minimum Gasteiger partial charge on any atom is -0.304 e. The lowest BCUT2D eigenvalue weighted by Crippen LogP contribution is -2.09. The summed E-state index contributed by atoms with van der Waals surface area (Å²) in [5.74, 6) is 0. The number of rotatable bonds is 3. The van der Waals surface area contributed by atoms with Crippen molar-refractivity contribution in [1.82, 2.24) is 4.90 Å². The molecule has 0 saturated carbocycles. The molecule has 0 aliphatic heterocycles. The van der Waals surface area contributed by atoms with Crippen LogP contribution in [0.5, 0.6) is 0 Å². The number of aldehydes is 1. The third kappa shape index (κ3) is 2.40. The van der Waals surface area contributed by atoms with Crippen molar-refractivity contribution in [2.75, 3.05) is 14.1 Å². The Morgan fingerprint density at radius 2 is 2.33 bits per heavy atom. The molecular weight excluding hydrogens is 238 g/mol. The first kappa shape index (κ1) is 9.89. The van der Waals surface area contributed by atoms with Crippen LogP contribution in [0.1, 0.15) is 14.5 Å². The van der Waals surface area contributed by atoms with Gasteiger partial charge in [0.1, 0.15) is 0 Å². The molecule has 0 unspecified atom stereocenters. The van der Waals surface area contributed by atoms with Gasteiger partial charge in [-0.15, -0.1) is 11.3 Å². The van der Waals surface area contributed by atoms with E-state index in [4.69, 9.17) is 0 Å². The zero-order valence-corrected chi connectivity index (χ0v) is 9.41. The highest BCUT2D eigenvalue weighted by molar-refractivity contribution is 9.10. The summed E-state index contributed by atoms with van der Waals surface area (Å²) in [7, 11) is 4.02. The SMILES string of the molecule is CN(C)Cc1cc(Br)c(C=O)s1. The lowest BCUT2D eigenvalue weighted by atomic mass is 10.4. The standard InChI is InChI=1S/C8H10BrNOS/c1-10(2)4-6-3-7(9)8(5-11)12-6/h3,5H,4H2,1-2H3. The van der Waals surface area contributed by atoms with Gasteiger partial charge in [-0.05, 0) is 36.1 Å². The Balaban J connectivity index is 2.82. The Labute approximate surface area is 84.3 Å². The molecule has 0 aromatic carbocycles. The zero-order chi connectivity index (χ0) is 9.14. The van der Waals surface area contributed by atoms with Crippen LogP contribution in [-0.2, 0) is 6.54 Å². The second kappa shape index (κ2) is 4.16. The molecule has 0 amide bonds. The average molecular weight is 248 g/mol. The molecule has 0 atom stereocenters. The maximum atomic E-state index is 10.5. The van der Waals surface area contributed by atoms with E-state index in [0.29, 0.717) is 0 Å². The molecule has 66 valence electrons. The van der Waals surface area contributed by atoms with E-state index in [0.717, 1.165) is 22.2 Å². The highest BCUT2D eigenvalue weighted by Crippen LogP contribution is 2.26. The van der Waals surface area contributed by atoms with Crippen LogP contribution in [0.4, 0.5) is 0 Å². The highest BCUT2D eigenvalue weighted by Gasteiger charge is 2.05. The number of carbonyl (C=O) groups is 1. The van der Waals surface area contributed by atoms with E-state index in [2.05, 4.69) is 20.8 Å². The summed E-state index contributed by atoms with van der Waals surface area (Å²) in [5, 5.41) is 0. The Morgan fingerprint density at radius 1 is 1.67 bits per heavy atom. The molecule has 0 radical (unpaired) electrons. The van der Waals surface area contributed by atoms with Crippen molar-refractivity contribution in [1.29, 1.82) is 0 Å². The largest absolute Gasteiger partial charge is 0.304 e. The smallest absolute Gasteiger partial charge is 0.161 e. The predicted octanol–water partition coefficient (Wildman–Crippen LogP) is 2.38. The third-order valence-electron chi connectivity index (χ3n) is 1.34. The monoisotopic (exact) mass is 247 g/mol. The topological polar surface area (TPSA) is 20.3 Å². The molecule has 1 aromatic rings. The highest BCUT2D eigenvalue weighted by atomic mass is 79.9. The first-order valence-electron chi connectivity index (χ1n) is 3.51. The van der Waals surface area contributed by atoms with Gasteiger partial charge in [0.2, 0.25) is 0 Å². The van der Waals surface area contributed by atoms with Crippen LogP contribution in [0.2, 0.25) is 0 Å².